The summed E-state index contributed by atoms with van der Waals surface area (Å²) in [4.78, 5) is 9.26. The Morgan fingerprint density at radius 3 is 3.00 bits per heavy atom. The smallest absolute Gasteiger partial charge is 0.142 e. The third-order valence-corrected chi connectivity index (χ3v) is 4.22. The molecule has 18 heavy (non-hydrogen) atoms. The van der Waals surface area contributed by atoms with Crippen molar-refractivity contribution in [2.75, 3.05) is 6.54 Å². The van der Waals surface area contributed by atoms with Gasteiger partial charge >= 0.3 is 0 Å². The standard InChI is InChI=1S/C14H17N3S/c1-9-6-10(2)13(16-7-9)14-17-12(8-18-14)11-4-3-5-15-11/h6-8,11,15H,3-5H2,1-2H3. The molecule has 94 valence electrons. The summed E-state index contributed by atoms with van der Waals surface area (Å²) >= 11 is 1.70. The van der Waals surface area contributed by atoms with Crippen molar-refractivity contribution < 1.29 is 0 Å². The van der Waals surface area contributed by atoms with Gasteiger partial charge in [0.25, 0.3) is 0 Å². The average molecular weight is 259 g/mol. The minimum Gasteiger partial charge on any atom is -0.309 e. The van der Waals surface area contributed by atoms with E-state index >= 15 is 0 Å². The summed E-state index contributed by atoms with van der Waals surface area (Å²) in [5.74, 6) is 0. The van der Waals surface area contributed by atoms with Crippen LogP contribution < -0.4 is 5.32 Å². The van der Waals surface area contributed by atoms with Crippen LogP contribution in [0.4, 0.5) is 0 Å². The van der Waals surface area contributed by atoms with Crippen LogP contribution in [0.25, 0.3) is 10.7 Å². The minimum absolute atomic E-state index is 0.445. The molecule has 1 atom stereocenters. The monoisotopic (exact) mass is 259 g/mol. The highest BCUT2D eigenvalue weighted by Gasteiger charge is 2.19. The number of aryl methyl sites for hydroxylation is 2. The number of aromatic nitrogens is 2. The maximum atomic E-state index is 4.75. The van der Waals surface area contributed by atoms with Crippen LogP contribution in [0.2, 0.25) is 0 Å². The molecule has 0 radical (unpaired) electrons. The second-order valence-corrected chi connectivity index (χ2v) is 5.76. The Morgan fingerprint density at radius 1 is 1.39 bits per heavy atom. The van der Waals surface area contributed by atoms with Gasteiger partial charge in [0.1, 0.15) is 10.7 Å². The van der Waals surface area contributed by atoms with Crippen LogP contribution >= 0.6 is 11.3 Å². The first-order chi connectivity index (χ1) is 8.74. The summed E-state index contributed by atoms with van der Waals surface area (Å²) in [5.41, 5.74) is 4.60. The molecule has 2 aromatic rings. The molecular weight excluding hydrogens is 242 g/mol. The molecule has 0 spiro atoms. The lowest BCUT2D eigenvalue weighted by molar-refractivity contribution is 0.632. The molecule has 0 aromatic carbocycles. The summed E-state index contributed by atoms with van der Waals surface area (Å²) in [6, 6.07) is 2.61. The van der Waals surface area contributed by atoms with Crippen LogP contribution in [0, 0.1) is 13.8 Å². The molecule has 2 aromatic heterocycles. The molecule has 3 heterocycles. The molecule has 1 unspecified atom stereocenters. The topological polar surface area (TPSA) is 37.8 Å². The van der Waals surface area contributed by atoms with Crippen LogP contribution in [0.3, 0.4) is 0 Å². The molecule has 1 aliphatic heterocycles. The maximum Gasteiger partial charge on any atom is 0.142 e. The average Bonchev–Trinajstić information content (AvgIpc) is 2.99. The zero-order valence-electron chi connectivity index (χ0n) is 10.7. The number of nitrogens with one attached hydrogen (secondary N) is 1. The van der Waals surface area contributed by atoms with E-state index in [1.54, 1.807) is 11.3 Å². The van der Waals surface area contributed by atoms with E-state index in [4.69, 9.17) is 4.98 Å². The van der Waals surface area contributed by atoms with Gasteiger partial charge in [-0.25, -0.2) is 4.98 Å². The van der Waals surface area contributed by atoms with Crippen LogP contribution in [0.5, 0.6) is 0 Å². The number of nitrogens with zero attached hydrogens (tertiary/aromatic N) is 2. The van der Waals surface area contributed by atoms with Crippen molar-refractivity contribution in [1.29, 1.82) is 0 Å². The summed E-state index contributed by atoms with van der Waals surface area (Å²) in [6.07, 6.45) is 4.36. The Balaban J connectivity index is 1.92. The Bertz CT molecular complexity index is 556. The van der Waals surface area contributed by atoms with E-state index in [2.05, 4.69) is 35.6 Å². The van der Waals surface area contributed by atoms with Gasteiger partial charge in [0.15, 0.2) is 0 Å². The molecule has 0 saturated carbocycles. The second-order valence-electron chi connectivity index (χ2n) is 4.90. The quantitative estimate of drug-likeness (QED) is 0.899. The van der Waals surface area contributed by atoms with E-state index < -0.39 is 0 Å². The van der Waals surface area contributed by atoms with Crippen molar-refractivity contribution in [2.45, 2.75) is 32.7 Å². The predicted molar refractivity (Wildman–Crippen MR) is 74.8 cm³/mol. The molecule has 0 aliphatic carbocycles. The maximum absolute atomic E-state index is 4.75. The first kappa shape index (κ1) is 11.8. The molecule has 3 rings (SSSR count). The fourth-order valence-corrected chi connectivity index (χ4v) is 3.36. The van der Waals surface area contributed by atoms with Crippen LogP contribution in [-0.2, 0) is 0 Å². The Hall–Kier alpha value is -1.26. The molecule has 4 heteroatoms. The van der Waals surface area contributed by atoms with Crippen LogP contribution in [0.15, 0.2) is 17.6 Å². The molecule has 1 aliphatic rings. The van der Waals surface area contributed by atoms with Gasteiger partial charge in [-0.2, -0.15) is 0 Å². The molecular formula is C14H17N3S. The van der Waals surface area contributed by atoms with Gasteiger partial charge in [-0.3, -0.25) is 4.98 Å². The molecule has 1 N–H and O–H groups in total. The molecule has 0 amide bonds. The number of thiazole rings is 1. The van der Waals surface area contributed by atoms with Crippen molar-refractivity contribution >= 4 is 11.3 Å². The minimum atomic E-state index is 0.445. The molecule has 3 nitrogen and oxygen atoms in total. The highest BCUT2D eigenvalue weighted by molar-refractivity contribution is 7.13. The van der Waals surface area contributed by atoms with Gasteiger partial charge in [-0.15, -0.1) is 11.3 Å². The van der Waals surface area contributed by atoms with Gasteiger partial charge in [0, 0.05) is 11.6 Å². The highest BCUT2D eigenvalue weighted by atomic mass is 32.1. The number of hydrogen-bond acceptors (Lipinski definition) is 4. The molecule has 1 fully saturated rings. The Labute approximate surface area is 111 Å². The zero-order valence-corrected chi connectivity index (χ0v) is 11.5. The SMILES string of the molecule is Cc1cnc(-c2nc(C3CCCN3)cs2)c(C)c1. The van der Waals surface area contributed by atoms with Gasteiger partial charge in [-0.1, -0.05) is 6.07 Å². The van der Waals surface area contributed by atoms with E-state index in [0.29, 0.717) is 6.04 Å². The third kappa shape index (κ3) is 2.18. The van der Waals surface area contributed by atoms with Gasteiger partial charge in [0.05, 0.1) is 11.7 Å². The number of rotatable bonds is 2. The fourth-order valence-electron chi connectivity index (χ4n) is 2.43. The van der Waals surface area contributed by atoms with Gasteiger partial charge in [0.2, 0.25) is 0 Å². The lowest BCUT2D eigenvalue weighted by Gasteiger charge is -2.05. The molecule has 0 bridgehead atoms. The summed E-state index contributed by atoms with van der Waals surface area (Å²) in [6.45, 7) is 5.28. The Kier molecular flexibility index (Phi) is 3.14. The zero-order chi connectivity index (χ0) is 12.5. The predicted octanol–water partition coefficient (Wildman–Crippen LogP) is 3.25. The van der Waals surface area contributed by atoms with Crippen LogP contribution in [0.1, 0.15) is 35.7 Å². The van der Waals surface area contributed by atoms with Gasteiger partial charge < -0.3 is 5.32 Å². The lowest BCUT2D eigenvalue weighted by Crippen LogP contribution is -2.12. The van der Waals surface area contributed by atoms with Crippen molar-refractivity contribution in [3.8, 4) is 10.7 Å². The second kappa shape index (κ2) is 4.78. The summed E-state index contributed by atoms with van der Waals surface area (Å²) in [7, 11) is 0. The van der Waals surface area contributed by atoms with Crippen molar-refractivity contribution in [1.82, 2.24) is 15.3 Å². The number of pyridine rings is 1. The van der Waals surface area contributed by atoms with Crippen LogP contribution in [-0.4, -0.2) is 16.5 Å². The van der Waals surface area contributed by atoms with Crippen molar-refractivity contribution in [2.24, 2.45) is 0 Å². The van der Waals surface area contributed by atoms with Crippen molar-refractivity contribution in [3.63, 3.8) is 0 Å². The largest absolute Gasteiger partial charge is 0.309 e. The van der Waals surface area contributed by atoms with Gasteiger partial charge in [-0.05, 0) is 44.4 Å². The first-order valence-electron chi connectivity index (χ1n) is 6.36. The first-order valence-corrected chi connectivity index (χ1v) is 7.24. The van der Waals surface area contributed by atoms with Crippen molar-refractivity contribution in [3.05, 3.63) is 34.5 Å². The fraction of sp³-hybridized carbons (Fsp3) is 0.429. The molecule has 1 saturated heterocycles. The van der Waals surface area contributed by atoms with E-state index in [9.17, 15) is 0 Å². The summed E-state index contributed by atoms with van der Waals surface area (Å²) in [5, 5.41) is 6.69. The lowest BCUT2D eigenvalue weighted by atomic mass is 10.1. The van der Waals surface area contributed by atoms with E-state index in [1.165, 1.54) is 29.7 Å². The summed E-state index contributed by atoms with van der Waals surface area (Å²) < 4.78 is 0. The Morgan fingerprint density at radius 2 is 2.28 bits per heavy atom. The number of hydrogen-bond donors (Lipinski definition) is 1. The normalized spacial score (nSPS) is 19.3. The van der Waals surface area contributed by atoms with E-state index in [-0.39, 0.29) is 0 Å². The van der Waals surface area contributed by atoms with E-state index in [1.807, 2.05) is 6.20 Å². The van der Waals surface area contributed by atoms with E-state index in [0.717, 1.165) is 17.2 Å². The highest BCUT2D eigenvalue weighted by Crippen LogP contribution is 2.30. The third-order valence-electron chi connectivity index (χ3n) is 3.36.